The molecule has 6 aliphatic rings. The highest BCUT2D eigenvalue weighted by atomic mass is 16.5. The number of fused-ring (bicyclic) bond motifs is 12. The molecule has 8 aromatic carbocycles. The van der Waals surface area contributed by atoms with Gasteiger partial charge in [-0.25, -0.2) is 0 Å². The van der Waals surface area contributed by atoms with Crippen LogP contribution in [0.5, 0.6) is 23.0 Å². The van der Waals surface area contributed by atoms with Crippen LogP contribution in [-0.2, 0) is 0 Å². The number of pyridine rings is 2. The van der Waals surface area contributed by atoms with E-state index in [0.29, 0.717) is 0 Å². The van der Waals surface area contributed by atoms with Gasteiger partial charge in [-0.15, -0.1) is 0 Å². The van der Waals surface area contributed by atoms with Gasteiger partial charge < -0.3 is 29.5 Å². The number of ether oxygens (including phenoxy) is 2. The van der Waals surface area contributed by atoms with Crippen LogP contribution in [0.4, 0.5) is 62.6 Å². The predicted molar refractivity (Wildman–Crippen MR) is 340 cm³/mol. The molecule has 0 spiro atoms. The first-order valence-corrected chi connectivity index (χ1v) is 28.5. The third kappa shape index (κ3) is 6.69. The van der Waals surface area contributed by atoms with Crippen molar-refractivity contribution in [1.82, 2.24) is 9.97 Å². The second-order valence-electron chi connectivity index (χ2n) is 24.3. The molecule has 10 aromatic rings. The normalized spacial score (nSPS) is 14.1. The second kappa shape index (κ2) is 16.8. The van der Waals surface area contributed by atoms with Gasteiger partial charge in [-0.2, -0.15) is 0 Å². The summed E-state index contributed by atoms with van der Waals surface area (Å²) in [6.45, 7) is 26.6. The van der Waals surface area contributed by atoms with E-state index < -0.39 is 0 Å². The summed E-state index contributed by atoms with van der Waals surface area (Å²) in [5.74, 6) is 3.35. The van der Waals surface area contributed by atoms with Gasteiger partial charge in [0, 0.05) is 57.9 Å². The van der Waals surface area contributed by atoms with Gasteiger partial charge in [-0.3, -0.25) is 9.97 Å². The summed E-state index contributed by atoms with van der Waals surface area (Å²) in [7, 11) is 0. The van der Waals surface area contributed by atoms with Gasteiger partial charge in [0.15, 0.2) is 0 Å². The van der Waals surface area contributed by atoms with Crippen molar-refractivity contribution in [3.63, 3.8) is 0 Å². The molecule has 0 amide bonds. The van der Waals surface area contributed by atoms with Crippen molar-refractivity contribution >= 4 is 132 Å². The summed E-state index contributed by atoms with van der Waals surface area (Å²) in [5, 5.41) is 4.04. The minimum atomic E-state index is -0.191. The molecule has 8 heterocycles. The number of rotatable bonds is 3. The largest absolute Gasteiger partial charge is 0.457 e. The fraction of sp³-hybridized carbons (Fsp3) is 0.171. The van der Waals surface area contributed by atoms with Gasteiger partial charge in [0.1, 0.15) is 23.0 Å². The molecule has 0 saturated carbocycles. The van der Waals surface area contributed by atoms with Gasteiger partial charge in [0.2, 0.25) is 0 Å². The quantitative estimate of drug-likeness (QED) is 0.176. The molecule has 0 bridgehead atoms. The zero-order valence-corrected chi connectivity index (χ0v) is 48.0. The molecule has 0 atom stereocenters. The van der Waals surface area contributed by atoms with E-state index in [1.807, 2.05) is 24.8 Å². The Morgan fingerprint density at radius 3 is 1.17 bits per heavy atom. The topological polar surface area (TPSA) is 66.0 Å². The fourth-order valence-electron chi connectivity index (χ4n) is 15.8. The van der Waals surface area contributed by atoms with Crippen molar-refractivity contribution in [3.05, 3.63) is 201 Å². The third-order valence-corrected chi connectivity index (χ3v) is 18.3. The molecule has 1 N–H and O–H groups in total. The molecule has 16 rings (SSSR count). The second-order valence-corrected chi connectivity index (χ2v) is 24.3. The highest BCUT2D eigenvalue weighted by Gasteiger charge is 2.50. The van der Waals surface area contributed by atoms with Crippen LogP contribution in [0.1, 0.15) is 66.8 Å². The molecule has 390 valence electrons. The lowest BCUT2D eigenvalue weighted by Crippen LogP contribution is -2.66. The van der Waals surface area contributed by atoms with Gasteiger partial charge in [0.25, 0.3) is 20.1 Å². The highest BCUT2D eigenvalue weighted by Crippen LogP contribution is 2.51. The molecule has 0 fully saturated rings. The number of aromatic nitrogens is 2. The summed E-state index contributed by atoms with van der Waals surface area (Å²) in [6, 6.07) is 42.7. The van der Waals surface area contributed by atoms with Crippen LogP contribution >= 0.6 is 0 Å². The lowest BCUT2D eigenvalue weighted by molar-refractivity contribution is 0.484. The van der Waals surface area contributed by atoms with Gasteiger partial charge >= 0.3 is 0 Å². The highest BCUT2D eigenvalue weighted by molar-refractivity contribution is 7.04. The van der Waals surface area contributed by atoms with Crippen molar-refractivity contribution in [2.75, 3.05) is 20.0 Å². The zero-order chi connectivity index (χ0) is 55.3. The van der Waals surface area contributed by atoms with Crippen LogP contribution in [0.15, 0.2) is 134 Å². The first-order valence-electron chi connectivity index (χ1n) is 28.5. The Balaban J connectivity index is 1.07. The molecule has 0 radical (unpaired) electrons. The van der Waals surface area contributed by atoms with E-state index in [4.69, 9.17) is 9.47 Å². The molecule has 0 unspecified atom stereocenters. The van der Waals surface area contributed by atoms with Gasteiger partial charge in [0.05, 0.1) is 29.5 Å². The third-order valence-electron chi connectivity index (χ3n) is 18.3. The average Bonchev–Trinajstić information content (AvgIpc) is 2.28. The van der Waals surface area contributed by atoms with E-state index in [1.165, 1.54) is 128 Å². The maximum absolute atomic E-state index is 6.98. The van der Waals surface area contributed by atoms with Crippen molar-refractivity contribution in [2.45, 2.75) is 83.1 Å². The van der Waals surface area contributed by atoms with E-state index in [1.54, 1.807) is 0 Å². The maximum Gasteiger partial charge on any atom is 0.256 e. The minimum Gasteiger partial charge on any atom is -0.457 e. The SMILES string of the molecule is Cc1cc(C)c(N2c3cc4c(cc3B3c5ccncc5Oc5cc(C)cc2c53)B2c3cc5c(cc3N(c3c(C)cc(C)cc3C)c3cc(C)cc(c32)N4c2c(C)cc(C)cc2C)Nc2cc(C)cc3c2B5c2ccncc2O3)c(C)c1. The maximum atomic E-state index is 6.98. The molecule has 2 aromatic heterocycles. The Hall–Kier alpha value is -8.95. The summed E-state index contributed by atoms with van der Waals surface area (Å²) >= 11 is 0. The number of hydrogen-bond acceptors (Lipinski definition) is 8. The smallest absolute Gasteiger partial charge is 0.256 e. The molecule has 0 aliphatic carbocycles. The Labute approximate surface area is 475 Å². The van der Waals surface area contributed by atoms with E-state index in [2.05, 4.69) is 222 Å². The number of benzene rings is 8. The summed E-state index contributed by atoms with van der Waals surface area (Å²) < 4.78 is 13.7. The van der Waals surface area contributed by atoms with E-state index >= 15 is 0 Å². The van der Waals surface area contributed by atoms with Crippen molar-refractivity contribution in [3.8, 4) is 23.0 Å². The van der Waals surface area contributed by atoms with Crippen LogP contribution in [0.25, 0.3) is 0 Å². The summed E-state index contributed by atoms with van der Waals surface area (Å²) in [4.78, 5) is 17.1. The average molecular weight is 1050 g/mol. The Morgan fingerprint density at radius 2 is 0.691 bits per heavy atom. The molecule has 11 heteroatoms. The fourth-order valence-corrected chi connectivity index (χ4v) is 15.8. The van der Waals surface area contributed by atoms with Crippen molar-refractivity contribution < 1.29 is 9.47 Å². The monoisotopic (exact) mass is 1050 g/mol. The number of nitrogens with zero attached hydrogens (tertiary/aromatic N) is 5. The van der Waals surface area contributed by atoms with Gasteiger partial charge in [-0.05, 0) is 243 Å². The first-order chi connectivity index (χ1) is 39.1. The van der Waals surface area contributed by atoms with E-state index in [9.17, 15) is 0 Å². The number of anilines is 11. The van der Waals surface area contributed by atoms with Gasteiger partial charge in [-0.1, -0.05) is 65.2 Å². The summed E-state index contributed by atoms with van der Waals surface area (Å²) in [6.07, 6.45) is 7.64. The number of hydrogen-bond donors (Lipinski definition) is 1. The Kier molecular flexibility index (Phi) is 9.96. The molecule has 0 saturated heterocycles. The number of aryl methyl sites for hydroxylation is 12. The van der Waals surface area contributed by atoms with E-state index in [0.717, 1.165) is 73.3 Å². The predicted octanol–water partition coefficient (Wildman–Crippen LogP) is 11.3. The number of nitrogens with one attached hydrogen (secondary N) is 1. The molecule has 8 nitrogen and oxygen atoms in total. The van der Waals surface area contributed by atoms with Crippen molar-refractivity contribution in [1.29, 1.82) is 0 Å². The van der Waals surface area contributed by atoms with Crippen molar-refractivity contribution in [2.24, 2.45) is 0 Å². The molecular weight excluding hydrogens is 989 g/mol. The minimum absolute atomic E-state index is 0.0969. The zero-order valence-electron chi connectivity index (χ0n) is 48.0. The summed E-state index contributed by atoms with van der Waals surface area (Å²) in [5.41, 5.74) is 38.3. The lowest BCUT2D eigenvalue weighted by Gasteiger charge is -2.48. The Bertz CT molecular complexity index is 4480. The lowest BCUT2D eigenvalue weighted by atomic mass is 9.29. The van der Waals surface area contributed by atoms with Crippen LogP contribution in [0, 0.1) is 83.1 Å². The van der Waals surface area contributed by atoms with E-state index in [-0.39, 0.29) is 20.1 Å². The van der Waals surface area contributed by atoms with Crippen LogP contribution in [0.3, 0.4) is 0 Å². The van der Waals surface area contributed by atoms with Crippen LogP contribution < -0.4 is 78.7 Å². The first kappa shape index (κ1) is 48.0. The van der Waals surface area contributed by atoms with Crippen LogP contribution in [-0.4, -0.2) is 30.1 Å². The molecule has 6 aliphatic heterocycles. The standard InChI is InChI=1S/C70H59B3N6O2/c1-35-17-41(7)68(42(8)18-35)77-55-31-53-49(71-47-13-15-74-33-63(47)80-61-27-38(4)23-54(76-53)65(61)71)29-50(55)73-52-30-51-56(32-57(52)78(59-25-39(5)24-58(77)66(59)73)69-43(9)19-36(2)20-44(69)10)79(70-45(11)21-37(3)22-46(70)12)60-26-40(6)28-62-67(60)72(51)48-14-16-75-34-64(48)81-62/h13-34,76H,1-12H3. The molecule has 81 heavy (non-hydrogen) atoms. The van der Waals surface area contributed by atoms with Crippen LogP contribution in [0.2, 0.25) is 0 Å². The Morgan fingerprint density at radius 1 is 0.321 bits per heavy atom. The molecular formula is C70H59B3N6O2.